The molecule has 0 radical (unpaired) electrons. The first-order chi connectivity index (χ1) is 17.0. The Balaban J connectivity index is 1.29. The molecule has 2 aromatic rings. The van der Waals surface area contributed by atoms with Gasteiger partial charge in [-0.05, 0) is 35.1 Å². The number of alkyl carbamates (subject to hydrolysis) is 1. The number of rotatable bonds is 10. The van der Waals surface area contributed by atoms with Crippen molar-refractivity contribution in [3.63, 3.8) is 0 Å². The molecule has 0 saturated carbocycles. The van der Waals surface area contributed by atoms with Crippen molar-refractivity contribution < 1.29 is 29.0 Å². The van der Waals surface area contributed by atoms with Crippen LogP contribution in [0, 0.1) is 5.92 Å². The minimum Gasteiger partial charge on any atom is -0.480 e. The van der Waals surface area contributed by atoms with Gasteiger partial charge in [0.2, 0.25) is 5.91 Å². The molecule has 8 nitrogen and oxygen atoms in total. The van der Waals surface area contributed by atoms with Crippen molar-refractivity contribution in [3.8, 4) is 11.1 Å². The molecule has 1 saturated heterocycles. The summed E-state index contributed by atoms with van der Waals surface area (Å²) in [6.07, 6.45) is 1.15. The van der Waals surface area contributed by atoms with Gasteiger partial charge in [0.25, 0.3) is 0 Å². The fourth-order valence-corrected chi connectivity index (χ4v) is 4.92. The number of hydrogen-bond donors (Lipinski definition) is 3. The number of carbonyl (C=O) groups excluding carboxylic acids is 2. The molecule has 1 fully saturated rings. The molecule has 0 spiro atoms. The van der Waals surface area contributed by atoms with Gasteiger partial charge in [-0.25, -0.2) is 9.59 Å². The zero-order valence-electron chi connectivity index (χ0n) is 19.9. The molecular formula is C27H32N2O6. The van der Waals surface area contributed by atoms with Crippen molar-refractivity contribution >= 4 is 18.0 Å². The Morgan fingerprint density at radius 2 is 1.74 bits per heavy atom. The summed E-state index contributed by atoms with van der Waals surface area (Å²) in [6.45, 7) is 2.76. The van der Waals surface area contributed by atoms with Crippen LogP contribution < -0.4 is 10.6 Å². The number of carbonyl (C=O) groups is 3. The van der Waals surface area contributed by atoms with Crippen molar-refractivity contribution in [1.82, 2.24) is 10.6 Å². The van der Waals surface area contributed by atoms with E-state index in [1.807, 2.05) is 31.2 Å². The zero-order chi connectivity index (χ0) is 24.8. The van der Waals surface area contributed by atoms with Gasteiger partial charge >= 0.3 is 12.1 Å². The van der Waals surface area contributed by atoms with Gasteiger partial charge in [0.15, 0.2) is 0 Å². The molecule has 3 atom stereocenters. The number of ether oxygens (including phenoxy) is 2. The molecule has 4 rings (SSSR count). The lowest BCUT2D eigenvalue weighted by Crippen LogP contribution is -2.48. The van der Waals surface area contributed by atoms with Crippen molar-refractivity contribution in [2.24, 2.45) is 5.92 Å². The molecule has 0 aromatic heterocycles. The third-order valence-electron chi connectivity index (χ3n) is 6.79. The lowest BCUT2D eigenvalue weighted by Gasteiger charge is -2.21. The first-order valence-electron chi connectivity index (χ1n) is 12.2. The number of hydrogen-bond acceptors (Lipinski definition) is 5. The molecule has 2 amide bonds. The van der Waals surface area contributed by atoms with Crippen LogP contribution in [0.3, 0.4) is 0 Å². The SMILES string of the molecule is CCCC[C@H](NC(=O)[C@H]1OCC[C@H]1CNC(=O)OCC1c2ccccc2-c2ccccc21)C(=O)O. The second kappa shape index (κ2) is 11.4. The largest absolute Gasteiger partial charge is 0.480 e. The number of aliphatic carboxylic acids is 1. The van der Waals surface area contributed by atoms with Crippen LogP contribution in [0.4, 0.5) is 4.79 Å². The molecule has 2 aromatic carbocycles. The lowest BCUT2D eigenvalue weighted by atomic mass is 9.98. The Bertz CT molecular complexity index is 1030. The maximum atomic E-state index is 12.7. The van der Waals surface area contributed by atoms with Crippen LogP contribution in [0.25, 0.3) is 11.1 Å². The monoisotopic (exact) mass is 480 g/mol. The van der Waals surface area contributed by atoms with Gasteiger partial charge in [-0.15, -0.1) is 0 Å². The number of nitrogens with one attached hydrogen (secondary N) is 2. The van der Waals surface area contributed by atoms with Gasteiger partial charge < -0.3 is 25.2 Å². The predicted octanol–water partition coefficient (Wildman–Crippen LogP) is 3.69. The molecule has 2 aliphatic rings. The summed E-state index contributed by atoms with van der Waals surface area (Å²) in [5.74, 6) is -1.79. The van der Waals surface area contributed by atoms with E-state index in [1.165, 1.54) is 0 Å². The van der Waals surface area contributed by atoms with E-state index in [-0.39, 0.29) is 25.0 Å². The van der Waals surface area contributed by atoms with Gasteiger partial charge in [-0.3, -0.25) is 4.79 Å². The maximum absolute atomic E-state index is 12.7. The lowest BCUT2D eigenvalue weighted by molar-refractivity contribution is -0.144. The van der Waals surface area contributed by atoms with Gasteiger partial charge in [0.05, 0.1) is 0 Å². The summed E-state index contributed by atoms with van der Waals surface area (Å²) >= 11 is 0. The first kappa shape index (κ1) is 24.7. The quantitative estimate of drug-likeness (QED) is 0.478. The second-order valence-corrected chi connectivity index (χ2v) is 9.09. The maximum Gasteiger partial charge on any atom is 0.407 e. The number of benzene rings is 2. The molecule has 0 unspecified atom stereocenters. The highest BCUT2D eigenvalue weighted by molar-refractivity contribution is 5.86. The standard InChI is InChI=1S/C27H32N2O6/c1-2-3-12-23(26(31)32)29-25(30)24-17(13-14-34-24)15-28-27(33)35-16-22-20-10-6-4-8-18(20)19-9-5-7-11-21(19)22/h4-11,17,22-24H,2-3,12-16H2,1H3,(H,28,33)(H,29,30)(H,31,32)/t17-,23-,24-/m0/s1. The molecule has 1 aliphatic heterocycles. The summed E-state index contributed by atoms with van der Waals surface area (Å²) in [5.41, 5.74) is 4.59. The second-order valence-electron chi connectivity index (χ2n) is 9.09. The topological polar surface area (TPSA) is 114 Å². The third-order valence-corrected chi connectivity index (χ3v) is 6.79. The summed E-state index contributed by atoms with van der Waals surface area (Å²) in [4.78, 5) is 36.6. The number of unbranched alkanes of at least 4 members (excludes halogenated alkanes) is 1. The van der Waals surface area contributed by atoms with E-state index in [9.17, 15) is 19.5 Å². The molecule has 0 bridgehead atoms. The summed E-state index contributed by atoms with van der Waals surface area (Å²) in [5, 5.41) is 14.7. The Morgan fingerprint density at radius 1 is 1.09 bits per heavy atom. The Kier molecular flexibility index (Phi) is 8.02. The molecule has 3 N–H and O–H groups in total. The van der Waals surface area contributed by atoms with E-state index in [1.54, 1.807) is 0 Å². The molecular weight excluding hydrogens is 448 g/mol. The molecule has 35 heavy (non-hydrogen) atoms. The van der Waals surface area contributed by atoms with Crippen molar-refractivity contribution in [3.05, 3.63) is 59.7 Å². The van der Waals surface area contributed by atoms with E-state index in [4.69, 9.17) is 9.47 Å². The van der Waals surface area contributed by atoms with E-state index in [0.717, 1.165) is 28.7 Å². The Hall–Kier alpha value is -3.39. The predicted molar refractivity (Wildman–Crippen MR) is 130 cm³/mol. The van der Waals surface area contributed by atoms with E-state index >= 15 is 0 Å². The van der Waals surface area contributed by atoms with Crippen LogP contribution in [0.5, 0.6) is 0 Å². The normalized spacial score (nSPS) is 19.5. The highest BCUT2D eigenvalue weighted by Gasteiger charge is 2.36. The van der Waals surface area contributed by atoms with Crippen molar-refractivity contribution in [1.29, 1.82) is 0 Å². The highest BCUT2D eigenvalue weighted by atomic mass is 16.5. The Morgan fingerprint density at radius 3 is 2.37 bits per heavy atom. The minimum atomic E-state index is -1.06. The summed E-state index contributed by atoms with van der Waals surface area (Å²) in [7, 11) is 0. The fourth-order valence-electron chi connectivity index (χ4n) is 4.92. The van der Waals surface area contributed by atoms with Crippen LogP contribution in [0.15, 0.2) is 48.5 Å². The van der Waals surface area contributed by atoms with Crippen molar-refractivity contribution in [2.45, 2.75) is 50.7 Å². The summed E-state index contributed by atoms with van der Waals surface area (Å²) < 4.78 is 11.1. The van der Waals surface area contributed by atoms with Crippen LogP contribution in [0.2, 0.25) is 0 Å². The first-order valence-corrected chi connectivity index (χ1v) is 12.2. The zero-order valence-corrected chi connectivity index (χ0v) is 19.9. The van der Waals surface area contributed by atoms with Gasteiger partial charge in [-0.1, -0.05) is 68.3 Å². The van der Waals surface area contributed by atoms with Crippen LogP contribution >= 0.6 is 0 Å². The van der Waals surface area contributed by atoms with Gasteiger partial charge in [0, 0.05) is 25.0 Å². The van der Waals surface area contributed by atoms with Crippen molar-refractivity contribution in [2.75, 3.05) is 19.8 Å². The van der Waals surface area contributed by atoms with E-state index in [0.29, 0.717) is 25.9 Å². The highest BCUT2D eigenvalue weighted by Crippen LogP contribution is 2.44. The van der Waals surface area contributed by atoms with E-state index in [2.05, 4.69) is 34.9 Å². The van der Waals surface area contributed by atoms with Gasteiger partial charge in [-0.2, -0.15) is 0 Å². The summed E-state index contributed by atoms with van der Waals surface area (Å²) in [6, 6.07) is 15.3. The van der Waals surface area contributed by atoms with Crippen LogP contribution in [0.1, 0.15) is 49.7 Å². The average Bonchev–Trinajstić information content (AvgIpc) is 3.46. The number of carboxylic acids is 1. The smallest absolute Gasteiger partial charge is 0.407 e. The Labute approximate surface area is 205 Å². The number of carboxylic acid groups (broad SMARTS) is 1. The minimum absolute atomic E-state index is 0.0300. The van der Waals surface area contributed by atoms with E-state index < -0.39 is 30.1 Å². The van der Waals surface area contributed by atoms with Gasteiger partial charge in [0.1, 0.15) is 18.8 Å². The molecule has 1 heterocycles. The number of amides is 2. The third kappa shape index (κ3) is 5.65. The van der Waals surface area contributed by atoms with Crippen LogP contribution in [-0.4, -0.2) is 55.0 Å². The fraction of sp³-hybridized carbons (Fsp3) is 0.444. The van der Waals surface area contributed by atoms with Crippen LogP contribution in [-0.2, 0) is 19.1 Å². The molecule has 1 aliphatic carbocycles. The molecule has 186 valence electrons. The number of fused-ring (bicyclic) bond motifs is 3. The average molecular weight is 481 g/mol. The molecule has 8 heteroatoms.